The molecule has 0 radical (unpaired) electrons. The van der Waals surface area contributed by atoms with Crippen LogP contribution in [0, 0.1) is 5.82 Å². The molecule has 0 fully saturated rings. The highest BCUT2D eigenvalue weighted by Gasteiger charge is 2.12. The van der Waals surface area contributed by atoms with Gasteiger partial charge < -0.3 is 10.2 Å². The Kier molecular flexibility index (Phi) is 3.44. The van der Waals surface area contributed by atoms with E-state index in [1.165, 1.54) is 18.2 Å². The second-order valence-corrected chi connectivity index (χ2v) is 4.96. The Labute approximate surface area is 121 Å². The Morgan fingerprint density at radius 1 is 1.10 bits per heavy atom. The van der Waals surface area contributed by atoms with Crippen LogP contribution in [0.1, 0.15) is 22.5 Å². The highest BCUT2D eigenvalue weighted by atomic mass is 19.1. The van der Waals surface area contributed by atoms with Crippen molar-refractivity contribution in [1.29, 1.82) is 0 Å². The van der Waals surface area contributed by atoms with Crippen LogP contribution in [0.3, 0.4) is 0 Å². The monoisotopic (exact) mass is 283 g/mol. The number of rotatable bonds is 4. The van der Waals surface area contributed by atoms with Gasteiger partial charge in [0.25, 0.3) is 0 Å². The Morgan fingerprint density at radius 3 is 2.62 bits per heavy atom. The molecule has 21 heavy (non-hydrogen) atoms. The van der Waals surface area contributed by atoms with Crippen LogP contribution in [-0.2, 0) is 6.42 Å². The number of carbonyl (C=O) groups excluding carboxylic acids is 1. The Hall–Kier alpha value is -2.62. The second kappa shape index (κ2) is 5.40. The number of fused-ring (bicyclic) bond motifs is 1. The van der Waals surface area contributed by atoms with Gasteiger partial charge in [-0.2, -0.15) is 0 Å². The maximum Gasteiger partial charge on any atom is 0.198 e. The predicted molar refractivity (Wildman–Crippen MR) is 79.7 cm³/mol. The van der Waals surface area contributed by atoms with E-state index in [9.17, 15) is 9.18 Å². The summed E-state index contributed by atoms with van der Waals surface area (Å²) in [5.41, 5.74) is 7.88. The average Bonchev–Trinajstić information content (AvgIpc) is 2.89. The molecular weight excluding hydrogens is 269 g/mol. The van der Waals surface area contributed by atoms with Gasteiger partial charge in [-0.3, -0.25) is 4.79 Å². The number of anilines is 1. The summed E-state index contributed by atoms with van der Waals surface area (Å²) in [7, 11) is 0. The number of Topliss-reactive ketones (excluding diaryl/α,β-unsaturated/α-hetero) is 1. The largest absolute Gasteiger partial charge is 0.453 e. The number of halogens is 1. The van der Waals surface area contributed by atoms with Crippen LogP contribution in [0.2, 0.25) is 0 Å². The van der Waals surface area contributed by atoms with Crippen LogP contribution >= 0.6 is 0 Å². The summed E-state index contributed by atoms with van der Waals surface area (Å²) < 4.78 is 18.6. The molecule has 0 saturated carbocycles. The fraction of sp³-hybridized carbons (Fsp3) is 0.118. The van der Waals surface area contributed by atoms with E-state index in [0.717, 1.165) is 5.56 Å². The van der Waals surface area contributed by atoms with E-state index >= 15 is 0 Å². The number of hydrogen-bond acceptors (Lipinski definition) is 3. The molecule has 0 spiro atoms. The highest BCUT2D eigenvalue weighted by molar-refractivity contribution is 5.97. The van der Waals surface area contributed by atoms with E-state index < -0.39 is 0 Å². The van der Waals surface area contributed by atoms with Crippen molar-refractivity contribution in [3.05, 3.63) is 65.7 Å². The molecule has 3 nitrogen and oxygen atoms in total. The van der Waals surface area contributed by atoms with Gasteiger partial charge in [0.05, 0.1) is 0 Å². The molecule has 2 N–H and O–H groups in total. The van der Waals surface area contributed by atoms with Crippen molar-refractivity contribution in [2.75, 3.05) is 5.73 Å². The van der Waals surface area contributed by atoms with Crippen LogP contribution in [0.5, 0.6) is 0 Å². The molecule has 106 valence electrons. The predicted octanol–water partition coefficient (Wildman–Crippen LogP) is 3.97. The van der Waals surface area contributed by atoms with Crippen molar-refractivity contribution in [2.45, 2.75) is 12.8 Å². The standard InChI is InChI=1S/C17H14FNO2/c18-13-4-8-16-12(9-13)10-17(21-16)15(20)7-3-11-1-5-14(19)6-2-11/h1-2,4-6,8-10H,3,7,19H2. The number of hydrogen-bond donors (Lipinski definition) is 1. The molecule has 0 aliphatic carbocycles. The lowest BCUT2D eigenvalue weighted by Crippen LogP contribution is -1.99. The van der Waals surface area contributed by atoms with Gasteiger partial charge in [0.2, 0.25) is 0 Å². The molecule has 2 aromatic carbocycles. The molecule has 1 heterocycles. The van der Waals surface area contributed by atoms with E-state index in [4.69, 9.17) is 10.2 Å². The number of benzene rings is 2. The van der Waals surface area contributed by atoms with Crippen molar-refractivity contribution in [2.24, 2.45) is 0 Å². The lowest BCUT2D eigenvalue weighted by atomic mass is 10.1. The molecule has 0 amide bonds. The molecule has 3 aromatic rings. The quantitative estimate of drug-likeness (QED) is 0.582. The molecule has 3 rings (SSSR count). The molecule has 0 aliphatic heterocycles. The number of nitrogens with two attached hydrogens (primary N) is 1. The fourth-order valence-corrected chi connectivity index (χ4v) is 2.22. The van der Waals surface area contributed by atoms with Crippen LogP contribution < -0.4 is 5.73 Å². The zero-order valence-electron chi connectivity index (χ0n) is 11.3. The van der Waals surface area contributed by atoms with Crippen molar-refractivity contribution in [3.63, 3.8) is 0 Å². The van der Waals surface area contributed by atoms with E-state index in [-0.39, 0.29) is 17.4 Å². The van der Waals surface area contributed by atoms with Gasteiger partial charge in [-0.1, -0.05) is 12.1 Å². The number of furan rings is 1. The van der Waals surface area contributed by atoms with Crippen molar-refractivity contribution >= 4 is 22.4 Å². The average molecular weight is 283 g/mol. The third kappa shape index (κ3) is 2.94. The van der Waals surface area contributed by atoms with Crippen LogP contribution in [-0.4, -0.2) is 5.78 Å². The highest BCUT2D eigenvalue weighted by Crippen LogP contribution is 2.21. The van der Waals surface area contributed by atoms with E-state index in [1.54, 1.807) is 6.07 Å². The molecule has 0 saturated heterocycles. The van der Waals surface area contributed by atoms with Gasteiger partial charge in [0.15, 0.2) is 11.5 Å². The van der Waals surface area contributed by atoms with E-state index in [1.807, 2.05) is 24.3 Å². The third-order valence-corrected chi connectivity index (χ3v) is 3.37. The maximum atomic E-state index is 13.1. The number of carbonyl (C=O) groups is 1. The second-order valence-electron chi connectivity index (χ2n) is 4.96. The van der Waals surface area contributed by atoms with Crippen LogP contribution in [0.25, 0.3) is 11.0 Å². The SMILES string of the molecule is Nc1ccc(CCC(=O)c2cc3cc(F)ccc3o2)cc1. The van der Waals surface area contributed by atoms with Crippen molar-refractivity contribution < 1.29 is 13.6 Å². The lowest BCUT2D eigenvalue weighted by Gasteiger charge is -2.00. The zero-order valence-corrected chi connectivity index (χ0v) is 11.3. The first-order chi connectivity index (χ1) is 10.1. The summed E-state index contributed by atoms with van der Waals surface area (Å²) in [5, 5.41) is 0.603. The topological polar surface area (TPSA) is 56.2 Å². The molecule has 0 aliphatic rings. The van der Waals surface area contributed by atoms with E-state index in [0.29, 0.717) is 29.5 Å². The molecule has 0 atom stereocenters. The maximum absolute atomic E-state index is 13.1. The zero-order chi connectivity index (χ0) is 14.8. The Morgan fingerprint density at radius 2 is 1.86 bits per heavy atom. The molecule has 4 heteroatoms. The van der Waals surface area contributed by atoms with Crippen LogP contribution in [0.15, 0.2) is 52.9 Å². The summed E-state index contributed by atoms with van der Waals surface area (Å²) in [5.74, 6) is -0.168. The van der Waals surface area contributed by atoms with Crippen molar-refractivity contribution in [1.82, 2.24) is 0 Å². The first-order valence-corrected chi connectivity index (χ1v) is 6.68. The smallest absolute Gasteiger partial charge is 0.198 e. The first kappa shape index (κ1) is 13.4. The summed E-state index contributed by atoms with van der Waals surface area (Å²) in [6.07, 6.45) is 0.955. The van der Waals surface area contributed by atoms with E-state index in [2.05, 4.69) is 0 Å². The van der Waals surface area contributed by atoms with Gasteiger partial charge in [-0.25, -0.2) is 4.39 Å². The van der Waals surface area contributed by atoms with Gasteiger partial charge in [-0.05, 0) is 48.4 Å². The van der Waals surface area contributed by atoms with Gasteiger partial charge >= 0.3 is 0 Å². The van der Waals surface area contributed by atoms with Crippen molar-refractivity contribution in [3.8, 4) is 0 Å². The Balaban J connectivity index is 1.73. The molecular formula is C17H14FNO2. The van der Waals surface area contributed by atoms with Gasteiger partial charge in [-0.15, -0.1) is 0 Å². The van der Waals surface area contributed by atoms with Gasteiger partial charge in [0.1, 0.15) is 11.4 Å². The summed E-state index contributed by atoms with van der Waals surface area (Å²) in [6.45, 7) is 0. The minimum atomic E-state index is -0.343. The summed E-state index contributed by atoms with van der Waals surface area (Å²) in [4.78, 5) is 12.1. The first-order valence-electron chi connectivity index (χ1n) is 6.68. The minimum Gasteiger partial charge on any atom is -0.453 e. The Bertz CT molecular complexity index is 790. The number of ketones is 1. The molecule has 1 aromatic heterocycles. The number of nitrogen functional groups attached to an aromatic ring is 1. The fourth-order valence-electron chi connectivity index (χ4n) is 2.22. The normalized spacial score (nSPS) is 10.9. The van der Waals surface area contributed by atoms with Crippen LogP contribution in [0.4, 0.5) is 10.1 Å². The summed E-state index contributed by atoms with van der Waals surface area (Å²) in [6, 6.07) is 13.2. The summed E-state index contributed by atoms with van der Waals surface area (Å²) >= 11 is 0. The lowest BCUT2D eigenvalue weighted by molar-refractivity contribution is 0.0958. The van der Waals surface area contributed by atoms with Gasteiger partial charge in [0, 0.05) is 17.5 Å². The molecule has 0 bridgehead atoms. The third-order valence-electron chi connectivity index (χ3n) is 3.37. The minimum absolute atomic E-state index is 0.0940. The molecule has 0 unspecified atom stereocenters. The number of aryl methyl sites for hydroxylation is 1.